The number of benzene rings is 1. The van der Waals surface area contributed by atoms with Gasteiger partial charge in [0.15, 0.2) is 0 Å². The van der Waals surface area contributed by atoms with Crippen LogP contribution in [0.3, 0.4) is 0 Å². The quantitative estimate of drug-likeness (QED) is 0.364. The van der Waals surface area contributed by atoms with Crippen molar-refractivity contribution in [2.45, 2.75) is 63.5 Å². The number of anilines is 1. The Bertz CT molecular complexity index is 1170. The summed E-state index contributed by atoms with van der Waals surface area (Å²) in [4.78, 5) is 28.3. The molecule has 10 nitrogen and oxygen atoms in total. The first kappa shape index (κ1) is 28.3. The summed E-state index contributed by atoms with van der Waals surface area (Å²) in [7, 11) is -1.85. The molecule has 1 saturated heterocycles. The number of rotatable bonds is 11. The number of sulfonamides is 1. The van der Waals surface area contributed by atoms with Crippen molar-refractivity contribution in [3.8, 4) is 0 Å². The van der Waals surface area contributed by atoms with Crippen molar-refractivity contribution < 1.29 is 22.7 Å². The van der Waals surface area contributed by atoms with E-state index < -0.39 is 15.6 Å². The highest BCUT2D eigenvalue weighted by Gasteiger charge is 2.48. The fraction of sp³-hybridized carbons (Fsp3) is 0.593. The van der Waals surface area contributed by atoms with Gasteiger partial charge in [-0.2, -0.15) is 4.31 Å². The molecule has 1 amide bonds. The average Bonchev–Trinajstić information content (AvgIpc) is 3.23. The van der Waals surface area contributed by atoms with Gasteiger partial charge in [0.05, 0.1) is 6.54 Å². The lowest BCUT2D eigenvalue weighted by Gasteiger charge is -2.34. The van der Waals surface area contributed by atoms with Crippen LogP contribution in [0.2, 0.25) is 0 Å². The molecular weight excluding hydrogens is 506 g/mol. The van der Waals surface area contributed by atoms with Gasteiger partial charge < -0.3 is 20.7 Å². The number of piperidine rings is 1. The highest BCUT2D eigenvalue weighted by Crippen LogP contribution is 2.35. The van der Waals surface area contributed by atoms with E-state index in [4.69, 9.17) is 9.73 Å². The maximum Gasteiger partial charge on any atom is 0.293 e. The molecule has 1 spiro atoms. The molecule has 3 N–H and O–H groups in total. The maximum absolute atomic E-state index is 13.1. The summed E-state index contributed by atoms with van der Waals surface area (Å²) in [5, 5.41) is 10.5. The second-order valence-electron chi connectivity index (χ2n) is 10.4. The number of amidine groups is 1. The number of ether oxygens (including phenoxy) is 1. The van der Waals surface area contributed by atoms with Crippen LogP contribution in [-0.2, 0) is 24.3 Å². The second-order valence-corrected chi connectivity index (χ2v) is 12.2. The SMILES string of the molecule is CNCC(CNc1ccc(/C=C/S(=O)(=O)N2CCC3(CC2)N=C(C2CCCCC2)NC3=O)c(C)c1)OC=O. The number of likely N-dealkylation sites (N-methyl/N-ethyl adjacent to an activating group) is 1. The van der Waals surface area contributed by atoms with Gasteiger partial charge in [-0.05, 0) is 69.0 Å². The number of hydrogen-bond donors (Lipinski definition) is 3. The van der Waals surface area contributed by atoms with Crippen LogP contribution in [0, 0.1) is 12.8 Å². The van der Waals surface area contributed by atoms with E-state index in [0.717, 1.165) is 48.3 Å². The highest BCUT2D eigenvalue weighted by atomic mass is 32.2. The summed E-state index contributed by atoms with van der Waals surface area (Å²) in [6.07, 6.45) is 7.78. The summed E-state index contributed by atoms with van der Waals surface area (Å²) in [5.74, 6) is 1.05. The summed E-state index contributed by atoms with van der Waals surface area (Å²) in [6, 6.07) is 5.64. The van der Waals surface area contributed by atoms with Crippen molar-refractivity contribution in [1.82, 2.24) is 14.9 Å². The number of aliphatic imine (C=N–C) groups is 1. The minimum absolute atomic E-state index is 0.0787. The second kappa shape index (κ2) is 12.4. The molecule has 208 valence electrons. The average molecular weight is 546 g/mol. The summed E-state index contributed by atoms with van der Waals surface area (Å²) in [5.41, 5.74) is 1.72. The fourth-order valence-electron chi connectivity index (χ4n) is 5.49. The first-order valence-corrected chi connectivity index (χ1v) is 14.9. The lowest BCUT2D eigenvalue weighted by molar-refractivity contribution is -0.132. The van der Waals surface area contributed by atoms with Crippen LogP contribution in [0.15, 0.2) is 28.6 Å². The smallest absolute Gasteiger partial charge is 0.293 e. The van der Waals surface area contributed by atoms with Crippen molar-refractivity contribution >= 4 is 40.0 Å². The Hall–Kier alpha value is -2.76. The first-order valence-electron chi connectivity index (χ1n) is 13.4. The maximum atomic E-state index is 13.1. The van der Waals surface area contributed by atoms with E-state index in [2.05, 4.69) is 16.0 Å². The van der Waals surface area contributed by atoms with Gasteiger partial charge in [-0.3, -0.25) is 14.6 Å². The molecule has 1 aliphatic carbocycles. The lowest BCUT2D eigenvalue weighted by Crippen LogP contribution is -2.50. The molecule has 1 saturated carbocycles. The van der Waals surface area contributed by atoms with Crippen LogP contribution >= 0.6 is 0 Å². The molecule has 2 aliphatic heterocycles. The van der Waals surface area contributed by atoms with Crippen molar-refractivity contribution in [2.75, 3.05) is 38.5 Å². The van der Waals surface area contributed by atoms with Crippen LogP contribution in [-0.4, -0.2) is 75.8 Å². The number of carbonyl (C=O) groups is 2. The predicted octanol–water partition coefficient (Wildman–Crippen LogP) is 2.41. The Balaban J connectivity index is 1.35. The Morgan fingerprint density at radius 2 is 1.95 bits per heavy atom. The zero-order valence-corrected chi connectivity index (χ0v) is 23.1. The molecule has 0 aromatic heterocycles. The Morgan fingerprint density at radius 3 is 2.61 bits per heavy atom. The monoisotopic (exact) mass is 545 g/mol. The van der Waals surface area contributed by atoms with Crippen LogP contribution in [0.5, 0.6) is 0 Å². The lowest BCUT2D eigenvalue weighted by atomic mass is 9.88. The molecule has 38 heavy (non-hydrogen) atoms. The van der Waals surface area contributed by atoms with E-state index in [1.165, 1.54) is 16.1 Å². The minimum atomic E-state index is -3.64. The summed E-state index contributed by atoms with van der Waals surface area (Å²) in [6.45, 7) is 3.86. The van der Waals surface area contributed by atoms with Gasteiger partial charge >= 0.3 is 0 Å². The minimum Gasteiger partial charge on any atom is -0.461 e. The zero-order chi connectivity index (χ0) is 27.2. The van der Waals surface area contributed by atoms with E-state index in [0.29, 0.717) is 38.3 Å². The van der Waals surface area contributed by atoms with Gasteiger partial charge in [-0.1, -0.05) is 25.3 Å². The molecular formula is C27H39N5O5S. The Labute approximate surface area is 225 Å². The van der Waals surface area contributed by atoms with E-state index >= 15 is 0 Å². The van der Waals surface area contributed by atoms with Gasteiger partial charge in [0.25, 0.3) is 12.4 Å². The largest absolute Gasteiger partial charge is 0.461 e. The molecule has 0 radical (unpaired) electrons. The number of carbonyl (C=O) groups excluding carboxylic acids is 2. The van der Waals surface area contributed by atoms with Crippen molar-refractivity contribution in [1.29, 1.82) is 0 Å². The van der Waals surface area contributed by atoms with Crippen molar-refractivity contribution in [2.24, 2.45) is 10.9 Å². The van der Waals surface area contributed by atoms with Gasteiger partial charge in [-0.15, -0.1) is 0 Å². The van der Waals surface area contributed by atoms with Crippen LogP contribution in [0.1, 0.15) is 56.1 Å². The molecule has 2 heterocycles. The number of aryl methyl sites for hydroxylation is 1. The zero-order valence-electron chi connectivity index (χ0n) is 22.2. The highest BCUT2D eigenvalue weighted by molar-refractivity contribution is 7.92. The van der Waals surface area contributed by atoms with Crippen LogP contribution < -0.4 is 16.0 Å². The Morgan fingerprint density at radius 1 is 1.21 bits per heavy atom. The van der Waals surface area contributed by atoms with Crippen molar-refractivity contribution in [3.63, 3.8) is 0 Å². The van der Waals surface area contributed by atoms with Gasteiger partial charge in [0.1, 0.15) is 17.5 Å². The third-order valence-electron chi connectivity index (χ3n) is 7.80. The van der Waals surface area contributed by atoms with E-state index in [1.807, 2.05) is 25.1 Å². The molecule has 3 aliphatic rings. The van der Waals surface area contributed by atoms with Crippen LogP contribution in [0.25, 0.3) is 6.08 Å². The normalized spacial score (nSPS) is 21.3. The van der Waals surface area contributed by atoms with E-state index in [9.17, 15) is 18.0 Å². The predicted molar refractivity (Wildman–Crippen MR) is 148 cm³/mol. The molecule has 0 bridgehead atoms. The van der Waals surface area contributed by atoms with Gasteiger partial charge in [0, 0.05) is 36.6 Å². The van der Waals surface area contributed by atoms with E-state index in [1.54, 1.807) is 13.1 Å². The van der Waals surface area contributed by atoms with Crippen molar-refractivity contribution in [3.05, 3.63) is 34.7 Å². The fourth-order valence-corrected chi connectivity index (χ4v) is 6.67. The molecule has 11 heteroatoms. The molecule has 1 atom stereocenters. The molecule has 1 aromatic carbocycles. The molecule has 1 unspecified atom stereocenters. The number of nitrogens with zero attached hydrogens (tertiary/aromatic N) is 2. The number of nitrogens with one attached hydrogen (secondary N) is 3. The summed E-state index contributed by atoms with van der Waals surface area (Å²) >= 11 is 0. The number of hydrogen-bond acceptors (Lipinski definition) is 8. The van der Waals surface area contributed by atoms with Gasteiger partial charge in [-0.25, -0.2) is 8.42 Å². The van der Waals surface area contributed by atoms with Crippen LogP contribution in [0.4, 0.5) is 5.69 Å². The first-order chi connectivity index (χ1) is 18.3. The topological polar surface area (TPSA) is 129 Å². The molecule has 2 fully saturated rings. The molecule has 1 aromatic rings. The summed E-state index contributed by atoms with van der Waals surface area (Å²) < 4.78 is 32.6. The Kier molecular flexibility index (Phi) is 9.22. The third kappa shape index (κ3) is 6.62. The van der Waals surface area contributed by atoms with E-state index in [-0.39, 0.29) is 25.1 Å². The van der Waals surface area contributed by atoms with Gasteiger partial charge in [0.2, 0.25) is 10.0 Å². The number of amides is 1. The standard InChI is InChI=1S/C27H39N5O5S/c1-20-16-23(29-18-24(17-28-2)37-19-33)9-8-21(20)10-15-38(35,36)32-13-11-27(12-14-32)26(34)30-25(31-27)22-6-4-3-5-7-22/h8-10,15-16,19,22,24,28-29H,3-7,11-14,17-18H2,1-2H3,(H,30,31,34)/b15-10+. The molecule has 4 rings (SSSR count). The third-order valence-corrected chi connectivity index (χ3v) is 9.37.